The van der Waals surface area contributed by atoms with Crippen LogP contribution in [0.1, 0.15) is 60.1 Å². The van der Waals surface area contributed by atoms with Crippen molar-refractivity contribution in [3.8, 4) is 0 Å². The van der Waals surface area contributed by atoms with Crippen molar-refractivity contribution in [2.24, 2.45) is 0 Å². The number of hydrogen-bond acceptors (Lipinski definition) is 3. The number of rotatable bonds is 9. The highest BCUT2D eigenvalue weighted by Crippen LogP contribution is 2.29. The van der Waals surface area contributed by atoms with Gasteiger partial charge in [-0.25, -0.2) is 0 Å². The lowest BCUT2D eigenvalue weighted by Crippen LogP contribution is -2.40. The van der Waals surface area contributed by atoms with Crippen molar-refractivity contribution >= 4 is 11.8 Å². The average Bonchev–Trinajstić information content (AvgIpc) is 3.68. The number of hydrogen-bond donors (Lipinski definition) is 1. The third kappa shape index (κ3) is 5.28. The smallest absolute Gasteiger partial charge is 0.251 e. The van der Waals surface area contributed by atoms with Gasteiger partial charge in [-0.1, -0.05) is 42.5 Å². The molecule has 2 aromatic carbocycles. The highest BCUT2D eigenvalue weighted by molar-refractivity contribution is 5.94. The van der Waals surface area contributed by atoms with Crippen LogP contribution in [-0.2, 0) is 11.3 Å². The Kier molecular flexibility index (Phi) is 6.18. The molecule has 2 fully saturated rings. The number of benzene rings is 2. The standard InChI is InChI=1S/C25H31N3O2/c1-18(20-6-4-3-5-7-20)27(2)24(29)17-28(23-14-15-23)16-19-8-10-21(11-9-19)25(30)26-22-12-13-22/h3-11,18,22-23H,12-17H2,1-2H3,(H,26,30). The lowest BCUT2D eigenvalue weighted by molar-refractivity contribution is -0.133. The van der Waals surface area contributed by atoms with Gasteiger partial charge in [-0.2, -0.15) is 0 Å². The van der Waals surface area contributed by atoms with Gasteiger partial charge in [0, 0.05) is 31.2 Å². The number of likely N-dealkylation sites (N-methyl/N-ethyl adjacent to an activating group) is 1. The lowest BCUT2D eigenvalue weighted by Gasteiger charge is -2.29. The highest BCUT2D eigenvalue weighted by atomic mass is 16.2. The minimum absolute atomic E-state index is 0.00908. The van der Waals surface area contributed by atoms with Gasteiger partial charge in [0.25, 0.3) is 5.91 Å². The average molecular weight is 406 g/mol. The normalized spacial score (nSPS) is 16.9. The summed E-state index contributed by atoms with van der Waals surface area (Å²) in [7, 11) is 1.89. The van der Waals surface area contributed by atoms with E-state index >= 15 is 0 Å². The topological polar surface area (TPSA) is 52.7 Å². The van der Waals surface area contributed by atoms with E-state index in [0.29, 0.717) is 24.2 Å². The lowest BCUT2D eigenvalue weighted by atomic mass is 10.1. The van der Waals surface area contributed by atoms with Gasteiger partial charge < -0.3 is 10.2 Å². The number of carbonyl (C=O) groups is 2. The molecule has 1 N–H and O–H groups in total. The first-order valence-electron chi connectivity index (χ1n) is 11.0. The molecule has 0 heterocycles. The van der Waals surface area contributed by atoms with Crippen LogP contribution in [0.4, 0.5) is 0 Å². The summed E-state index contributed by atoms with van der Waals surface area (Å²) in [6.07, 6.45) is 4.47. The number of carbonyl (C=O) groups excluding carboxylic acids is 2. The van der Waals surface area contributed by atoms with Crippen LogP contribution in [0.5, 0.6) is 0 Å². The molecule has 2 aliphatic rings. The zero-order valence-corrected chi connectivity index (χ0v) is 17.9. The van der Waals surface area contributed by atoms with E-state index in [1.807, 2.05) is 54.4 Å². The molecule has 0 aromatic heterocycles. The van der Waals surface area contributed by atoms with Crippen LogP contribution >= 0.6 is 0 Å². The van der Waals surface area contributed by atoms with Crippen LogP contribution in [0.25, 0.3) is 0 Å². The van der Waals surface area contributed by atoms with E-state index in [2.05, 4.69) is 29.3 Å². The fourth-order valence-corrected chi connectivity index (χ4v) is 3.70. The Labute approximate surface area is 179 Å². The van der Waals surface area contributed by atoms with Crippen molar-refractivity contribution in [3.05, 3.63) is 71.3 Å². The van der Waals surface area contributed by atoms with Gasteiger partial charge in [0.2, 0.25) is 5.91 Å². The van der Waals surface area contributed by atoms with Crippen molar-refractivity contribution in [3.63, 3.8) is 0 Å². The Hall–Kier alpha value is -2.66. The summed E-state index contributed by atoms with van der Waals surface area (Å²) in [6, 6.07) is 18.8. The van der Waals surface area contributed by atoms with E-state index in [1.54, 1.807) is 0 Å². The predicted molar refractivity (Wildman–Crippen MR) is 118 cm³/mol. The maximum Gasteiger partial charge on any atom is 0.251 e. The Morgan fingerprint density at radius 1 is 1.00 bits per heavy atom. The summed E-state index contributed by atoms with van der Waals surface area (Å²) in [5, 5.41) is 3.02. The summed E-state index contributed by atoms with van der Waals surface area (Å²) in [5.41, 5.74) is 2.99. The van der Waals surface area contributed by atoms with Gasteiger partial charge >= 0.3 is 0 Å². The largest absolute Gasteiger partial charge is 0.349 e. The van der Waals surface area contributed by atoms with E-state index < -0.39 is 0 Å². The molecular formula is C25H31N3O2. The highest BCUT2D eigenvalue weighted by Gasteiger charge is 2.31. The van der Waals surface area contributed by atoms with Gasteiger partial charge in [-0.3, -0.25) is 14.5 Å². The second-order valence-electron chi connectivity index (χ2n) is 8.67. The van der Waals surface area contributed by atoms with E-state index in [4.69, 9.17) is 0 Å². The first-order valence-corrected chi connectivity index (χ1v) is 11.0. The molecule has 158 valence electrons. The second kappa shape index (κ2) is 9.00. The summed E-state index contributed by atoms with van der Waals surface area (Å²) in [6.45, 7) is 3.22. The van der Waals surface area contributed by atoms with E-state index in [0.717, 1.165) is 43.4 Å². The van der Waals surface area contributed by atoms with Crippen LogP contribution in [-0.4, -0.2) is 47.3 Å². The molecule has 30 heavy (non-hydrogen) atoms. The van der Waals surface area contributed by atoms with Crippen molar-refractivity contribution in [1.29, 1.82) is 0 Å². The Bertz CT molecular complexity index is 873. The fraction of sp³-hybridized carbons (Fsp3) is 0.440. The van der Waals surface area contributed by atoms with Crippen molar-refractivity contribution in [2.75, 3.05) is 13.6 Å². The molecule has 0 aliphatic heterocycles. The molecule has 2 saturated carbocycles. The van der Waals surface area contributed by atoms with Crippen LogP contribution in [0.15, 0.2) is 54.6 Å². The Morgan fingerprint density at radius 2 is 1.67 bits per heavy atom. The molecule has 0 saturated heterocycles. The molecule has 5 nitrogen and oxygen atoms in total. The molecule has 1 atom stereocenters. The summed E-state index contributed by atoms with van der Waals surface area (Å²) in [5.74, 6) is 0.147. The summed E-state index contributed by atoms with van der Waals surface area (Å²) < 4.78 is 0. The first kappa shape index (κ1) is 20.6. The van der Waals surface area contributed by atoms with Crippen LogP contribution < -0.4 is 5.32 Å². The molecule has 1 unspecified atom stereocenters. The minimum Gasteiger partial charge on any atom is -0.349 e. The van der Waals surface area contributed by atoms with Crippen LogP contribution in [0, 0.1) is 0 Å². The SMILES string of the molecule is CC(c1ccccc1)N(C)C(=O)CN(Cc1ccc(C(=O)NC2CC2)cc1)C1CC1. The number of amides is 2. The monoisotopic (exact) mass is 405 g/mol. The maximum atomic E-state index is 13.0. The molecule has 0 bridgehead atoms. The minimum atomic E-state index is 0.00908. The third-order valence-corrected chi connectivity index (χ3v) is 6.17. The molecule has 5 heteroatoms. The number of nitrogens with one attached hydrogen (secondary N) is 1. The van der Waals surface area contributed by atoms with E-state index in [-0.39, 0.29) is 17.9 Å². The summed E-state index contributed by atoms with van der Waals surface area (Å²) in [4.78, 5) is 29.3. The van der Waals surface area contributed by atoms with Crippen molar-refractivity contribution < 1.29 is 9.59 Å². The zero-order valence-electron chi connectivity index (χ0n) is 17.9. The maximum absolute atomic E-state index is 13.0. The first-order chi connectivity index (χ1) is 14.5. The molecule has 2 aromatic rings. The predicted octanol–water partition coefficient (Wildman–Crippen LogP) is 3.76. The summed E-state index contributed by atoms with van der Waals surface area (Å²) >= 11 is 0. The Morgan fingerprint density at radius 3 is 2.27 bits per heavy atom. The van der Waals surface area contributed by atoms with Gasteiger partial charge in [0.15, 0.2) is 0 Å². The molecule has 4 rings (SSSR count). The third-order valence-electron chi connectivity index (χ3n) is 6.17. The molecule has 2 amide bonds. The molecule has 2 aliphatic carbocycles. The fourth-order valence-electron chi connectivity index (χ4n) is 3.70. The molecule has 0 radical (unpaired) electrons. The molecule has 0 spiro atoms. The van der Waals surface area contributed by atoms with Crippen molar-refractivity contribution in [2.45, 2.75) is 57.3 Å². The van der Waals surface area contributed by atoms with Crippen LogP contribution in [0.2, 0.25) is 0 Å². The van der Waals surface area contributed by atoms with Gasteiger partial charge in [0.1, 0.15) is 0 Å². The van der Waals surface area contributed by atoms with Gasteiger partial charge in [-0.05, 0) is 55.9 Å². The van der Waals surface area contributed by atoms with E-state index in [9.17, 15) is 9.59 Å². The second-order valence-corrected chi connectivity index (χ2v) is 8.67. The quantitative estimate of drug-likeness (QED) is 0.691. The van der Waals surface area contributed by atoms with Gasteiger partial charge in [-0.15, -0.1) is 0 Å². The van der Waals surface area contributed by atoms with Crippen LogP contribution in [0.3, 0.4) is 0 Å². The zero-order chi connectivity index (χ0) is 21.1. The number of nitrogens with zero attached hydrogens (tertiary/aromatic N) is 2. The van der Waals surface area contributed by atoms with Gasteiger partial charge in [0.05, 0.1) is 12.6 Å². The van der Waals surface area contributed by atoms with Crippen molar-refractivity contribution in [1.82, 2.24) is 15.1 Å². The van der Waals surface area contributed by atoms with E-state index in [1.165, 1.54) is 0 Å². The Balaban J connectivity index is 1.35. The molecular weight excluding hydrogens is 374 g/mol.